The first-order chi connectivity index (χ1) is 51.0. The van der Waals surface area contributed by atoms with Crippen LogP contribution in [0.3, 0.4) is 0 Å². The minimum Gasteiger partial charge on any atom is -0.309 e. The zero-order chi connectivity index (χ0) is 68.2. The minimum atomic E-state index is 0.572. The summed E-state index contributed by atoms with van der Waals surface area (Å²) in [5, 5.41) is 8.97. The summed E-state index contributed by atoms with van der Waals surface area (Å²) in [6.45, 7) is 0. The van der Waals surface area contributed by atoms with E-state index in [0.29, 0.717) is 40.8 Å². The van der Waals surface area contributed by atoms with Gasteiger partial charge in [0.1, 0.15) is 0 Å². The van der Waals surface area contributed by atoms with E-state index in [2.05, 4.69) is 271 Å². The molecule has 0 radical (unpaired) electrons. The van der Waals surface area contributed by atoms with Crippen molar-refractivity contribution in [1.82, 2.24) is 44.4 Å². The molecule has 0 spiro atoms. The Labute approximate surface area is 594 Å². The Morgan fingerprint density at radius 1 is 0.184 bits per heavy atom. The topological polar surface area (TPSA) is 108 Å². The van der Waals surface area contributed by atoms with Gasteiger partial charge in [0, 0.05) is 66.5 Å². The molecule has 19 aromatic rings. The molecular weight excluding hydrogens is 1260 g/mol. The molecule has 0 unspecified atom stereocenters. The molecule has 103 heavy (non-hydrogen) atoms. The Hall–Kier alpha value is -14.0. The minimum absolute atomic E-state index is 0.572. The van der Waals surface area contributed by atoms with Gasteiger partial charge in [0.05, 0.1) is 22.4 Å². The average Bonchev–Trinajstić information content (AvgIpc) is 1.61. The molecule has 0 amide bonds. The van der Waals surface area contributed by atoms with Crippen molar-refractivity contribution in [2.24, 2.45) is 0 Å². The maximum Gasteiger partial charge on any atom is 0.165 e. The van der Waals surface area contributed by atoms with E-state index >= 15 is 0 Å². The van der Waals surface area contributed by atoms with Crippen LogP contribution in [0.25, 0.3) is 195 Å². The summed E-state index contributed by atoms with van der Waals surface area (Å²) in [7, 11) is 0. The van der Waals surface area contributed by atoms with E-state index < -0.39 is 0 Å². The molecule has 0 aliphatic carbocycles. The van der Waals surface area contributed by atoms with Crippen LogP contribution >= 0.6 is 0 Å². The maximum absolute atomic E-state index is 5.47. The van der Waals surface area contributed by atoms with Crippen molar-refractivity contribution in [2.45, 2.75) is 0 Å². The van der Waals surface area contributed by atoms with Crippen LogP contribution in [-0.4, -0.2) is 44.4 Å². The van der Waals surface area contributed by atoms with Crippen LogP contribution in [0.2, 0.25) is 0 Å². The number of fused-ring (bicyclic) bond motifs is 7. The van der Waals surface area contributed by atoms with E-state index in [-0.39, 0.29) is 0 Å². The van der Waals surface area contributed by atoms with Crippen LogP contribution < -0.4 is 0 Å². The van der Waals surface area contributed by atoms with Crippen LogP contribution in [-0.2, 0) is 0 Å². The quantitative estimate of drug-likeness (QED) is 0.112. The number of hydrogen-bond donors (Lipinski definition) is 0. The fourth-order valence-electron chi connectivity index (χ4n) is 14.6. The predicted molar refractivity (Wildman–Crippen MR) is 421 cm³/mol. The second kappa shape index (κ2) is 25.7. The van der Waals surface area contributed by atoms with Gasteiger partial charge < -0.3 is 4.57 Å². The van der Waals surface area contributed by atoms with Crippen molar-refractivity contribution < 1.29 is 0 Å². The molecule has 0 aliphatic heterocycles. The number of para-hydroxylation sites is 1. The SMILES string of the molecule is c1ccc(-c2cc(-c3ccc(-c4ccc5ccccc5c4-c4nc(-c5ccccc5)nc(-c5ccc(-c6cccc7ccc8c(c9ccccc9n8-c8ccc(-c9ccc%10ccccc%10c9-c9nc(-c%10ccccc%10)nc(-c%10ccccc%10)n9)cc8)c67)cc5)n4)cc3)nc(-c3ccccc3)n2)cc1. The zero-order valence-electron chi connectivity index (χ0n) is 55.6. The fourth-order valence-corrected chi connectivity index (χ4v) is 14.6. The number of aromatic nitrogens is 9. The van der Waals surface area contributed by atoms with Gasteiger partial charge in [-0.2, -0.15) is 0 Å². The van der Waals surface area contributed by atoms with Crippen molar-refractivity contribution in [3.05, 3.63) is 358 Å². The molecule has 0 saturated carbocycles. The van der Waals surface area contributed by atoms with E-state index in [0.717, 1.165) is 138 Å². The normalized spacial score (nSPS) is 11.5. The Morgan fingerprint density at radius 3 is 1.01 bits per heavy atom. The van der Waals surface area contributed by atoms with Crippen molar-refractivity contribution in [3.63, 3.8) is 0 Å². The van der Waals surface area contributed by atoms with Gasteiger partial charge in [-0.05, 0) is 96.0 Å². The van der Waals surface area contributed by atoms with Crippen molar-refractivity contribution in [1.29, 1.82) is 0 Å². The third-order valence-corrected chi connectivity index (χ3v) is 19.6. The summed E-state index contributed by atoms with van der Waals surface area (Å²) in [5.74, 6) is 4.26. The van der Waals surface area contributed by atoms with Gasteiger partial charge in [-0.3, -0.25) is 0 Å². The van der Waals surface area contributed by atoms with E-state index in [4.69, 9.17) is 39.9 Å². The molecule has 4 heterocycles. The van der Waals surface area contributed by atoms with E-state index in [1.54, 1.807) is 0 Å². The molecule has 4 aromatic heterocycles. The van der Waals surface area contributed by atoms with Crippen LogP contribution in [0.4, 0.5) is 0 Å². The molecule has 9 nitrogen and oxygen atoms in total. The largest absolute Gasteiger partial charge is 0.309 e. The third-order valence-electron chi connectivity index (χ3n) is 19.6. The Morgan fingerprint density at radius 2 is 0.524 bits per heavy atom. The summed E-state index contributed by atoms with van der Waals surface area (Å²) in [4.78, 5) is 41.9. The number of rotatable bonds is 13. The molecular formula is C94H59N9. The monoisotopic (exact) mass is 1310 g/mol. The van der Waals surface area contributed by atoms with Crippen molar-refractivity contribution in [3.8, 4) is 141 Å². The molecule has 19 rings (SSSR count). The molecule has 0 bridgehead atoms. The van der Waals surface area contributed by atoms with Crippen LogP contribution in [0.5, 0.6) is 0 Å². The smallest absolute Gasteiger partial charge is 0.165 e. The number of hydrogen-bond acceptors (Lipinski definition) is 8. The predicted octanol–water partition coefficient (Wildman–Crippen LogP) is 23.4. The molecule has 0 aliphatic rings. The summed E-state index contributed by atoms with van der Waals surface area (Å²) in [6, 6.07) is 125. The Balaban J connectivity index is 0.696. The highest BCUT2D eigenvalue weighted by Crippen LogP contribution is 2.45. The van der Waals surface area contributed by atoms with Crippen LogP contribution in [0, 0.1) is 0 Å². The van der Waals surface area contributed by atoms with E-state index in [9.17, 15) is 0 Å². The van der Waals surface area contributed by atoms with Crippen molar-refractivity contribution in [2.75, 3.05) is 0 Å². The summed E-state index contributed by atoms with van der Waals surface area (Å²) in [5.41, 5.74) is 19.7. The van der Waals surface area contributed by atoms with E-state index in [1.165, 1.54) is 16.2 Å². The van der Waals surface area contributed by atoms with Gasteiger partial charge in [0.2, 0.25) is 0 Å². The lowest BCUT2D eigenvalue weighted by molar-refractivity contribution is 1.08. The van der Waals surface area contributed by atoms with Crippen LogP contribution in [0.1, 0.15) is 0 Å². The lowest BCUT2D eigenvalue weighted by Gasteiger charge is -2.16. The first-order valence-electron chi connectivity index (χ1n) is 34.6. The first-order valence-corrected chi connectivity index (χ1v) is 34.6. The van der Waals surface area contributed by atoms with Gasteiger partial charge in [0.25, 0.3) is 0 Å². The molecule has 0 fully saturated rings. The third kappa shape index (κ3) is 11.1. The highest BCUT2D eigenvalue weighted by Gasteiger charge is 2.24. The second-order valence-corrected chi connectivity index (χ2v) is 25.7. The molecule has 15 aromatic carbocycles. The number of benzene rings is 15. The fraction of sp³-hybridized carbons (Fsp3) is 0. The van der Waals surface area contributed by atoms with Gasteiger partial charge in [-0.1, -0.05) is 328 Å². The van der Waals surface area contributed by atoms with Gasteiger partial charge >= 0.3 is 0 Å². The molecule has 9 heteroatoms. The molecule has 0 atom stereocenters. The summed E-state index contributed by atoms with van der Waals surface area (Å²) in [6.07, 6.45) is 0. The van der Waals surface area contributed by atoms with Gasteiger partial charge in [-0.25, -0.2) is 39.9 Å². The summed E-state index contributed by atoms with van der Waals surface area (Å²) >= 11 is 0. The second-order valence-electron chi connectivity index (χ2n) is 25.7. The molecule has 0 saturated heterocycles. The highest BCUT2D eigenvalue weighted by molar-refractivity contribution is 6.25. The molecule has 480 valence electrons. The zero-order valence-corrected chi connectivity index (χ0v) is 55.6. The first kappa shape index (κ1) is 60.2. The average molecular weight is 1310 g/mol. The maximum atomic E-state index is 5.47. The van der Waals surface area contributed by atoms with Crippen LogP contribution in [0.15, 0.2) is 358 Å². The Bertz CT molecular complexity index is 6310. The van der Waals surface area contributed by atoms with Gasteiger partial charge in [-0.15, -0.1) is 0 Å². The molecule has 0 N–H and O–H groups in total. The lowest BCUT2D eigenvalue weighted by atomic mass is 9.92. The van der Waals surface area contributed by atoms with Crippen molar-refractivity contribution >= 4 is 54.1 Å². The standard InChI is InChI=1S/C94H59N9/c1-6-25-65(26-7-1)80-59-81(96-88(95-80)68-27-8-2-9-28-68)66-45-41-63(42-46-66)77-56-51-60-23-16-18-36-75(60)85(77)94-101-91(71-33-14-5-15-34-71)98-92(102-94)72-47-43-62(44-48-72)74-39-22-35-67-53-58-83-87(84(67)74)79-38-20-21-40-82(79)103(83)73-54-49-64(50-55-73)78-57-52-61-24-17-19-37-76(61)86(78)93-99-89(69-29-10-3-11-30-69)97-90(100-93)70-31-12-4-13-32-70/h1-59H. The lowest BCUT2D eigenvalue weighted by Crippen LogP contribution is -2.02. The summed E-state index contributed by atoms with van der Waals surface area (Å²) < 4.78 is 2.40. The number of nitrogens with zero attached hydrogens (tertiary/aromatic N) is 9. The van der Waals surface area contributed by atoms with E-state index in [1.807, 2.05) is 91.0 Å². The highest BCUT2D eigenvalue weighted by atomic mass is 15.0. The Kier molecular flexibility index (Phi) is 15.0. The van der Waals surface area contributed by atoms with Gasteiger partial charge in [0.15, 0.2) is 40.8 Å².